The van der Waals surface area contributed by atoms with Crippen molar-refractivity contribution < 1.29 is 9.53 Å². The van der Waals surface area contributed by atoms with Gasteiger partial charge in [-0.3, -0.25) is 10.2 Å². The lowest BCUT2D eigenvalue weighted by Gasteiger charge is -2.12. The average Bonchev–Trinajstić information content (AvgIpc) is 2.28. The van der Waals surface area contributed by atoms with Crippen LogP contribution in [-0.2, 0) is 4.79 Å². The molecule has 0 bridgehead atoms. The molecule has 0 aliphatic rings. The van der Waals surface area contributed by atoms with Gasteiger partial charge >= 0.3 is 0 Å². The molecule has 1 aromatic carbocycles. The van der Waals surface area contributed by atoms with E-state index in [-0.39, 0.29) is 11.8 Å². The maximum atomic E-state index is 11.5. The first kappa shape index (κ1) is 11.5. The van der Waals surface area contributed by atoms with Crippen molar-refractivity contribution in [3.8, 4) is 5.75 Å². The summed E-state index contributed by atoms with van der Waals surface area (Å²) in [6.45, 7) is 1.85. The van der Waals surface area contributed by atoms with Gasteiger partial charge in [-0.15, -0.1) is 0 Å². The van der Waals surface area contributed by atoms with Crippen molar-refractivity contribution >= 4 is 5.91 Å². The number of ether oxygens (including phenoxy) is 1. The van der Waals surface area contributed by atoms with Crippen LogP contribution in [0.15, 0.2) is 24.3 Å². The summed E-state index contributed by atoms with van der Waals surface area (Å²) in [6.07, 6.45) is 0. The summed E-state index contributed by atoms with van der Waals surface area (Å²) in [5.41, 5.74) is 6.10. The van der Waals surface area contributed by atoms with Gasteiger partial charge in [-0.2, -0.15) is 0 Å². The van der Waals surface area contributed by atoms with E-state index in [1.165, 1.54) is 0 Å². The molecule has 1 amide bonds. The molecule has 0 spiro atoms. The van der Waals surface area contributed by atoms with Gasteiger partial charge < -0.3 is 4.74 Å². The maximum Gasteiger partial charge on any atom is 0.241 e. The van der Waals surface area contributed by atoms with Crippen LogP contribution in [0.3, 0.4) is 0 Å². The zero-order chi connectivity index (χ0) is 11.3. The van der Waals surface area contributed by atoms with Crippen molar-refractivity contribution in [1.29, 1.82) is 0 Å². The van der Waals surface area contributed by atoms with Gasteiger partial charge in [-0.1, -0.05) is 12.1 Å². The minimum atomic E-state index is -0.201. The number of nitrogens with one attached hydrogen (secondary N) is 2. The van der Waals surface area contributed by atoms with E-state index in [4.69, 9.17) is 4.74 Å². The SMILES string of the molecule is CNNC(=O)C(C)c1cccc(OC)c1. The van der Waals surface area contributed by atoms with Crippen molar-refractivity contribution in [2.45, 2.75) is 12.8 Å². The lowest BCUT2D eigenvalue weighted by molar-refractivity contribution is -0.123. The quantitative estimate of drug-likeness (QED) is 0.727. The third-order valence-electron chi connectivity index (χ3n) is 2.24. The Balaban J connectivity index is 2.81. The smallest absolute Gasteiger partial charge is 0.241 e. The molecule has 0 saturated heterocycles. The van der Waals surface area contributed by atoms with Crippen LogP contribution in [0.4, 0.5) is 0 Å². The standard InChI is InChI=1S/C11H16N2O2/c1-8(11(14)13-12-2)9-5-4-6-10(7-9)15-3/h4-8,12H,1-3H3,(H,13,14). The third kappa shape index (κ3) is 2.95. The summed E-state index contributed by atoms with van der Waals surface area (Å²) in [5.74, 6) is 0.495. The van der Waals surface area contributed by atoms with E-state index in [9.17, 15) is 4.79 Å². The lowest BCUT2D eigenvalue weighted by atomic mass is 10.0. The number of carbonyl (C=O) groups is 1. The van der Waals surface area contributed by atoms with E-state index in [0.717, 1.165) is 11.3 Å². The van der Waals surface area contributed by atoms with Gasteiger partial charge in [-0.05, 0) is 24.6 Å². The number of amides is 1. The Morgan fingerprint density at radius 2 is 2.20 bits per heavy atom. The highest BCUT2D eigenvalue weighted by Crippen LogP contribution is 2.20. The first-order valence-electron chi connectivity index (χ1n) is 4.79. The molecule has 0 aliphatic carbocycles. The molecule has 0 aliphatic heterocycles. The molecule has 4 nitrogen and oxygen atoms in total. The van der Waals surface area contributed by atoms with Gasteiger partial charge in [0.25, 0.3) is 0 Å². The summed E-state index contributed by atoms with van der Waals surface area (Å²) < 4.78 is 5.10. The number of benzene rings is 1. The lowest BCUT2D eigenvalue weighted by Crippen LogP contribution is -2.37. The Kier molecular flexibility index (Phi) is 4.12. The van der Waals surface area contributed by atoms with Crippen LogP contribution in [0.25, 0.3) is 0 Å². The molecule has 0 heterocycles. The summed E-state index contributed by atoms with van der Waals surface area (Å²) in [7, 11) is 3.27. The summed E-state index contributed by atoms with van der Waals surface area (Å²) in [6, 6.07) is 7.49. The number of hydrogen-bond acceptors (Lipinski definition) is 3. The molecule has 15 heavy (non-hydrogen) atoms. The van der Waals surface area contributed by atoms with Crippen molar-refractivity contribution in [2.24, 2.45) is 0 Å². The fourth-order valence-corrected chi connectivity index (χ4v) is 1.29. The molecule has 0 aromatic heterocycles. The fraction of sp³-hybridized carbons (Fsp3) is 0.364. The van der Waals surface area contributed by atoms with Gasteiger partial charge in [0.2, 0.25) is 5.91 Å². The molecular formula is C11H16N2O2. The van der Waals surface area contributed by atoms with Crippen molar-refractivity contribution in [1.82, 2.24) is 10.9 Å². The van der Waals surface area contributed by atoms with Gasteiger partial charge in [0, 0.05) is 7.05 Å². The molecule has 1 rings (SSSR count). The Morgan fingerprint density at radius 3 is 2.80 bits per heavy atom. The zero-order valence-corrected chi connectivity index (χ0v) is 9.20. The van der Waals surface area contributed by atoms with E-state index in [0.29, 0.717) is 0 Å². The van der Waals surface area contributed by atoms with E-state index < -0.39 is 0 Å². The first-order valence-corrected chi connectivity index (χ1v) is 4.79. The average molecular weight is 208 g/mol. The fourth-order valence-electron chi connectivity index (χ4n) is 1.29. The van der Waals surface area contributed by atoms with Crippen LogP contribution in [0.5, 0.6) is 5.75 Å². The van der Waals surface area contributed by atoms with Crippen LogP contribution in [0.2, 0.25) is 0 Å². The van der Waals surface area contributed by atoms with E-state index >= 15 is 0 Å². The predicted molar refractivity (Wildman–Crippen MR) is 58.6 cm³/mol. The second-order valence-electron chi connectivity index (χ2n) is 3.24. The molecular weight excluding hydrogens is 192 g/mol. The van der Waals surface area contributed by atoms with Crippen LogP contribution >= 0.6 is 0 Å². The summed E-state index contributed by atoms with van der Waals surface area (Å²) in [4.78, 5) is 11.5. The van der Waals surface area contributed by atoms with Crippen LogP contribution in [0, 0.1) is 0 Å². The molecule has 1 aromatic rings. The second-order valence-corrected chi connectivity index (χ2v) is 3.24. The molecule has 1 unspecified atom stereocenters. The molecule has 4 heteroatoms. The molecule has 0 fully saturated rings. The maximum absolute atomic E-state index is 11.5. The van der Waals surface area contributed by atoms with Crippen LogP contribution < -0.4 is 15.6 Å². The largest absolute Gasteiger partial charge is 0.497 e. The molecule has 1 atom stereocenters. The van der Waals surface area contributed by atoms with Gasteiger partial charge in [0.05, 0.1) is 13.0 Å². The van der Waals surface area contributed by atoms with Gasteiger partial charge in [-0.25, -0.2) is 5.43 Å². The minimum absolute atomic E-state index is 0.0641. The Morgan fingerprint density at radius 1 is 1.47 bits per heavy atom. The van der Waals surface area contributed by atoms with Gasteiger partial charge in [0.15, 0.2) is 0 Å². The highest BCUT2D eigenvalue weighted by molar-refractivity contribution is 5.82. The van der Waals surface area contributed by atoms with Crippen molar-refractivity contribution in [3.63, 3.8) is 0 Å². The van der Waals surface area contributed by atoms with Crippen LogP contribution in [-0.4, -0.2) is 20.1 Å². The highest BCUT2D eigenvalue weighted by atomic mass is 16.5. The van der Waals surface area contributed by atoms with E-state index in [1.54, 1.807) is 14.2 Å². The van der Waals surface area contributed by atoms with E-state index in [1.807, 2.05) is 31.2 Å². The predicted octanol–water partition coefficient (Wildman–Crippen LogP) is 1.05. The molecule has 82 valence electrons. The highest BCUT2D eigenvalue weighted by Gasteiger charge is 2.14. The monoisotopic (exact) mass is 208 g/mol. The molecule has 2 N–H and O–H groups in total. The minimum Gasteiger partial charge on any atom is -0.497 e. The first-order chi connectivity index (χ1) is 7.19. The van der Waals surface area contributed by atoms with Crippen molar-refractivity contribution in [2.75, 3.05) is 14.2 Å². The van der Waals surface area contributed by atoms with E-state index in [2.05, 4.69) is 10.9 Å². The number of methoxy groups -OCH3 is 1. The Bertz CT molecular complexity index is 339. The van der Waals surface area contributed by atoms with Crippen molar-refractivity contribution in [3.05, 3.63) is 29.8 Å². The normalized spacial score (nSPS) is 11.9. The topological polar surface area (TPSA) is 50.4 Å². The summed E-state index contributed by atoms with van der Waals surface area (Å²) >= 11 is 0. The number of rotatable bonds is 4. The Hall–Kier alpha value is -1.55. The second kappa shape index (κ2) is 5.36. The van der Waals surface area contributed by atoms with Gasteiger partial charge in [0.1, 0.15) is 5.75 Å². The molecule has 0 radical (unpaired) electrons. The number of hydrazine groups is 1. The number of carbonyl (C=O) groups excluding carboxylic acids is 1. The summed E-state index contributed by atoms with van der Waals surface area (Å²) in [5, 5.41) is 0. The number of hydrogen-bond donors (Lipinski definition) is 2. The third-order valence-corrected chi connectivity index (χ3v) is 2.24. The van der Waals surface area contributed by atoms with Crippen LogP contribution in [0.1, 0.15) is 18.4 Å². The zero-order valence-electron chi connectivity index (χ0n) is 9.20. The molecule has 0 saturated carbocycles. The Labute approximate surface area is 89.6 Å².